The normalized spacial score (nSPS) is 24.9. The van der Waals surface area contributed by atoms with Crippen molar-refractivity contribution in [1.82, 2.24) is 5.32 Å². The molecule has 2 atom stereocenters. The summed E-state index contributed by atoms with van der Waals surface area (Å²) in [5, 5.41) is 3.60. The van der Waals surface area contributed by atoms with Gasteiger partial charge in [-0.2, -0.15) is 0 Å². The van der Waals surface area contributed by atoms with Gasteiger partial charge in [0.05, 0.1) is 13.2 Å². The molecular formula is C15H23NO2. The van der Waals surface area contributed by atoms with E-state index in [2.05, 4.69) is 31.3 Å². The summed E-state index contributed by atoms with van der Waals surface area (Å²) in [5.41, 5.74) is 1.19. The molecule has 1 aliphatic heterocycles. The maximum Gasteiger partial charge on any atom is 0.119 e. The van der Waals surface area contributed by atoms with Crippen molar-refractivity contribution in [2.24, 2.45) is 5.92 Å². The van der Waals surface area contributed by atoms with Crippen molar-refractivity contribution >= 4 is 0 Å². The van der Waals surface area contributed by atoms with E-state index in [1.54, 1.807) is 7.11 Å². The zero-order valence-electron chi connectivity index (χ0n) is 11.5. The molecule has 100 valence electrons. The van der Waals surface area contributed by atoms with E-state index in [0.29, 0.717) is 12.0 Å². The van der Waals surface area contributed by atoms with E-state index < -0.39 is 0 Å². The Labute approximate surface area is 109 Å². The standard InChI is InChI=1S/C15H23NO2/c1-11(2)14-7-8-18-15(10-16-14)12-5-4-6-13(9-12)17-3/h4-6,9,11,14-16H,7-8,10H2,1-3H3. The van der Waals surface area contributed by atoms with Gasteiger partial charge in [-0.3, -0.25) is 0 Å². The van der Waals surface area contributed by atoms with E-state index >= 15 is 0 Å². The molecule has 18 heavy (non-hydrogen) atoms. The maximum absolute atomic E-state index is 5.95. The molecule has 1 aromatic rings. The third kappa shape index (κ3) is 3.24. The molecule has 0 saturated carbocycles. The fourth-order valence-electron chi connectivity index (χ4n) is 2.38. The number of benzene rings is 1. The molecule has 0 bridgehead atoms. The maximum atomic E-state index is 5.95. The zero-order valence-corrected chi connectivity index (χ0v) is 11.5. The molecule has 1 N–H and O–H groups in total. The summed E-state index contributed by atoms with van der Waals surface area (Å²) in [5.74, 6) is 1.54. The van der Waals surface area contributed by atoms with Crippen LogP contribution in [0.3, 0.4) is 0 Å². The molecule has 1 aromatic carbocycles. The lowest BCUT2D eigenvalue weighted by molar-refractivity contribution is 0.0659. The number of methoxy groups -OCH3 is 1. The molecule has 0 aliphatic carbocycles. The van der Waals surface area contributed by atoms with Gasteiger partial charge in [-0.25, -0.2) is 0 Å². The summed E-state index contributed by atoms with van der Waals surface area (Å²) in [6.07, 6.45) is 1.21. The van der Waals surface area contributed by atoms with Crippen molar-refractivity contribution in [3.05, 3.63) is 29.8 Å². The summed E-state index contributed by atoms with van der Waals surface area (Å²) in [7, 11) is 1.69. The van der Waals surface area contributed by atoms with Gasteiger partial charge in [0.15, 0.2) is 0 Å². The monoisotopic (exact) mass is 249 g/mol. The molecular weight excluding hydrogens is 226 g/mol. The van der Waals surface area contributed by atoms with Gasteiger partial charge in [0.2, 0.25) is 0 Å². The van der Waals surface area contributed by atoms with Crippen LogP contribution in [0.4, 0.5) is 0 Å². The lowest BCUT2D eigenvalue weighted by atomic mass is 10.0. The quantitative estimate of drug-likeness (QED) is 0.893. The van der Waals surface area contributed by atoms with Crippen LogP contribution in [0, 0.1) is 5.92 Å². The molecule has 1 heterocycles. The van der Waals surface area contributed by atoms with E-state index in [1.165, 1.54) is 5.56 Å². The van der Waals surface area contributed by atoms with Crippen LogP contribution in [-0.4, -0.2) is 26.3 Å². The number of hydrogen-bond donors (Lipinski definition) is 1. The first-order valence-corrected chi connectivity index (χ1v) is 6.69. The Morgan fingerprint density at radius 2 is 2.22 bits per heavy atom. The zero-order chi connectivity index (χ0) is 13.0. The second-order valence-electron chi connectivity index (χ2n) is 5.18. The van der Waals surface area contributed by atoms with Crippen LogP contribution in [0.1, 0.15) is 31.9 Å². The van der Waals surface area contributed by atoms with Crippen LogP contribution in [-0.2, 0) is 4.74 Å². The average molecular weight is 249 g/mol. The van der Waals surface area contributed by atoms with E-state index in [9.17, 15) is 0 Å². The highest BCUT2D eigenvalue weighted by Gasteiger charge is 2.21. The predicted molar refractivity (Wildman–Crippen MR) is 72.9 cm³/mol. The molecule has 0 amide bonds. The number of nitrogens with one attached hydrogen (secondary N) is 1. The molecule has 3 nitrogen and oxygen atoms in total. The Kier molecular flexibility index (Phi) is 4.61. The highest BCUT2D eigenvalue weighted by Crippen LogP contribution is 2.24. The SMILES string of the molecule is COc1cccc(C2CNC(C(C)C)CCO2)c1. The molecule has 2 unspecified atom stereocenters. The molecule has 1 fully saturated rings. The first kappa shape index (κ1) is 13.4. The lowest BCUT2D eigenvalue weighted by Gasteiger charge is -2.20. The number of ether oxygens (including phenoxy) is 2. The number of rotatable bonds is 3. The Morgan fingerprint density at radius 3 is 2.94 bits per heavy atom. The third-order valence-electron chi connectivity index (χ3n) is 3.58. The minimum absolute atomic E-state index is 0.129. The molecule has 1 saturated heterocycles. The van der Waals surface area contributed by atoms with Crippen molar-refractivity contribution < 1.29 is 9.47 Å². The molecule has 0 spiro atoms. The van der Waals surface area contributed by atoms with Gasteiger partial charge >= 0.3 is 0 Å². The fraction of sp³-hybridized carbons (Fsp3) is 0.600. The van der Waals surface area contributed by atoms with E-state index in [1.807, 2.05) is 12.1 Å². The molecule has 2 rings (SSSR count). The van der Waals surface area contributed by atoms with Gasteiger partial charge in [0.25, 0.3) is 0 Å². The Balaban J connectivity index is 2.04. The highest BCUT2D eigenvalue weighted by molar-refractivity contribution is 5.30. The topological polar surface area (TPSA) is 30.5 Å². The Bertz CT molecular complexity index is 379. The minimum Gasteiger partial charge on any atom is -0.497 e. The van der Waals surface area contributed by atoms with Gasteiger partial charge in [-0.1, -0.05) is 26.0 Å². The minimum atomic E-state index is 0.129. The lowest BCUT2D eigenvalue weighted by Crippen LogP contribution is -2.34. The molecule has 0 aromatic heterocycles. The van der Waals surface area contributed by atoms with Crippen LogP contribution in [0.2, 0.25) is 0 Å². The first-order chi connectivity index (χ1) is 8.70. The second kappa shape index (κ2) is 6.21. The Morgan fingerprint density at radius 1 is 1.39 bits per heavy atom. The second-order valence-corrected chi connectivity index (χ2v) is 5.18. The third-order valence-corrected chi connectivity index (χ3v) is 3.58. The summed E-state index contributed by atoms with van der Waals surface area (Å²) >= 11 is 0. The Hall–Kier alpha value is -1.06. The van der Waals surface area contributed by atoms with Gasteiger partial charge < -0.3 is 14.8 Å². The molecule has 1 aliphatic rings. The summed E-state index contributed by atoms with van der Waals surface area (Å²) < 4.78 is 11.2. The summed E-state index contributed by atoms with van der Waals surface area (Å²) in [4.78, 5) is 0. The van der Waals surface area contributed by atoms with Crippen molar-refractivity contribution in [2.75, 3.05) is 20.3 Å². The van der Waals surface area contributed by atoms with Crippen molar-refractivity contribution in [2.45, 2.75) is 32.4 Å². The highest BCUT2D eigenvalue weighted by atomic mass is 16.5. The van der Waals surface area contributed by atoms with Crippen molar-refractivity contribution in [3.63, 3.8) is 0 Å². The van der Waals surface area contributed by atoms with Crippen molar-refractivity contribution in [3.8, 4) is 5.75 Å². The fourth-order valence-corrected chi connectivity index (χ4v) is 2.38. The van der Waals surface area contributed by atoms with E-state index in [-0.39, 0.29) is 6.10 Å². The van der Waals surface area contributed by atoms with Gasteiger partial charge in [-0.05, 0) is 30.0 Å². The van der Waals surface area contributed by atoms with E-state index in [4.69, 9.17) is 9.47 Å². The van der Waals surface area contributed by atoms with Gasteiger partial charge in [0.1, 0.15) is 5.75 Å². The predicted octanol–water partition coefficient (Wildman–Crippen LogP) is 2.77. The largest absolute Gasteiger partial charge is 0.497 e. The molecule has 3 heteroatoms. The van der Waals surface area contributed by atoms with Gasteiger partial charge in [-0.15, -0.1) is 0 Å². The first-order valence-electron chi connectivity index (χ1n) is 6.69. The van der Waals surface area contributed by atoms with Crippen LogP contribution >= 0.6 is 0 Å². The van der Waals surface area contributed by atoms with Crippen molar-refractivity contribution in [1.29, 1.82) is 0 Å². The molecule has 0 radical (unpaired) electrons. The smallest absolute Gasteiger partial charge is 0.119 e. The van der Waals surface area contributed by atoms with Crippen LogP contribution < -0.4 is 10.1 Å². The van der Waals surface area contributed by atoms with Crippen LogP contribution in [0.5, 0.6) is 5.75 Å². The summed E-state index contributed by atoms with van der Waals surface area (Å²) in [6, 6.07) is 8.69. The number of hydrogen-bond acceptors (Lipinski definition) is 3. The summed E-state index contributed by atoms with van der Waals surface area (Å²) in [6.45, 7) is 6.20. The van der Waals surface area contributed by atoms with E-state index in [0.717, 1.165) is 25.3 Å². The van der Waals surface area contributed by atoms with Crippen LogP contribution in [0.25, 0.3) is 0 Å². The average Bonchev–Trinajstić information content (AvgIpc) is 2.64. The van der Waals surface area contributed by atoms with Crippen LogP contribution in [0.15, 0.2) is 24.3 Å². The van der Waals surface area contributed by atoms with Gasteiger partial charge in [0, 0.05) is 19.2 Å².